The zero-order valence-corrected chi connectivity index (χ0v) is 13.1. The normalized spacial score (nSPS) is 15.2. The molecule has 20 heavy (non-hydrogen) atoms. The summed E-state index contributed by atoms with van der Waals surface area (Å²) in [7, 11) is -3.76. The molecule has 0 bridgehead atoms. The van der Waals surface area contributed by atoms with Gasteiger partial charge in [0.15, 0.2) is 5.82 Å². The largest absolute Gasteiger partial charge is 0.389 e. The number of sulfonamides is 1. The molecular formula is C12H24N4O3S. The number of hydrogen-bond acceptors (Lipinski definition) is 5. The van der Waals surface area contributed by atoms with Crippen LogP contribution in [0, 0.1) is 0 Å². The Kier molecular flexibility index (Phi) is 5.55. The van der Waals surface area contributed by atoms with Crippen LogP contribution < -0.4 is 10.5 Å². The van der Waals surface area contributed by atoms with Gasteiger partial charge in [0.1, 0.15) is 4.90 Å². The third kappa shape index (κ3) is 4.46. The van der Waals surface area contributed by atoms with Gasteiger partial charge in [-0.1, -0.05) is 20.3 Å². The highest BCUT2D eigenvalue weighted by molar-refractivity contribution is 7.89. The summed E-state index contributed by atoms with van der Waals surface area (Å²) in [5.74, 6) is -0.0268. The lowest BCUT2D eigenvalue weighted by Gasteiger charge is -2.22. The molecule has 7 nitrogen and oxygen atoms in total. The first-order valence-corrected chi connectivity index (χ1v) is 8.25. The van der Waals surface area contributed by atoms with Crippen molar-refractivity contribution in [3.63, 3.8) is 0 Å². The minimum Gasteiger partial charge on any atom is -0.389 e. The summed E-state index contributed by atoms with van der Waals surface area (Å²) in [6, 6.07) is 0. The van der Waals surface area contributed by atoms with Crippen molar-refractivity contribution in [2.75, 3.05) is 12.3 Å². The summed E-state index contributed by atoms with van der Waals surface area (Å²) < 4.78 is 28.2. The first kappa shape index (κ1) is 16.9. The minimum atomic E-state index is -3.76. The van der Waals surface area contributed by atoms with E-state index in [9.17, 15) is 13.5 Å². The smallest absolute Gasteiger partial charge is 0.245 e. The second-order valence-electron chi connectivity index (χ2n) is 5.21. The SMILES string of the molecule is CCCn1cc(S(=O)(=O)NCC(C)(O)CCC)c(N)n1. The summed E-state index contributed by atoms with van der Waals surface area (Å²) in [5.41, 5.74) is 4.57. The summed E-state index contributed by atoms with van der Waals surface area (Å²) in [6.07, 6.45) is 3.53. The van der Waals surface area contributed by atoms with Crippen LogP contribution in [0.3, 0.4) is 0 Å². The van der Waals surface area contributed by atoms with E-state index in [1.165, 1.54) is 10.9 Å². The van der Waals surface area contributed by atoms with Crippen LogP contribution >= 0.6 is 0 Å². The number of nitrogen functional groups attached to an aromatic ring is 1. The molecule has 1 rings (SSSR count). The van der Waals surface area contributed by atoms with E-state index in [0.29, 0.717) is 13.0 Å². The molecule has 1 aromatic rings. The Hall–Kier alpha value is -1.12. The lowest BCUT2D eigenvalue weighted by Crippen LogP contribution is -2.40. The van der Waals surface area contributed by atoms with Crippen molar-refractivity contribution >= 4 is 15.8 Å². The van der Waals surface area contributed by atoms with Crippen LogP contribution in [0.1, 0.15) is 40.0 Å². The van der Waals surface area contributed by atoms with Crippen molar-refractivity contribution in [1.29, 1.82) is 0 Å². The van der Waals surface area contributed by atoms with Gasteiger partial charge in [-0.15, -0.1) is 0 Å². The maximum atomic E-state index is 12.2. The fourth-order valence-electron chi connectivity index (χ4n) is 1.92. The predicted molar refractivity (Wildman–Crippen MR) is 77.7 cm³/mol. The maximum absolute atomic E-state index is 12.2. The number of rotatable bonds is 8. The molecule has 0 fully saturated rings. The molecule has 0 aliphatic carbocycles. The average Bonchev–Trinajstić information content (AvgIpc) is 2.69. The van der Waals surface area contributed by atoms with Gasteiger partial charge in [0, 0.05) is 19.3 Å². The van der Waals surface area contributed by atoms with Crippen molar-refractivity contribution in [2.24, 2.45) is 0 Å². The van der Waals surface area contributed by atoms with Crippen molar-refractivity contribution in [3.05, 3.63) is 6.20 Å². The summed E-state index contributed by atoms with van der Waals surface area (Å²) in [4.78, 5) is -0.0433. The Morgan fingerprint density at radius 1 is 1.45 bits per heavy atom. The van der Waals surface area contributed by atoms with Gasteiger partial charge >= 0.3 is 0 Å². The minimum absolute atomic E-state index is 0.0268. The molecule has 0 saturated heterocycles. The summed E-state index contributed by atoms with van der Waals surface area (Å²) in [5, 5.41) is 14.0. The van der Waals surface area contributed by atoms with Crippen LogP contribution in [0.2, 0.25) is 0 Å². The molecule has 1 aromatic heterocycles. The summed E-state index contributed by atoms with van der Waals surface area (Å²) >= 11 is 0. The van der Waals surface area contributed by atoms with E-state index < -0.39 is 15.6 Å². The predicted octanol–water partition coefficient (Wildman–Crippen LogP) is 0.705. The van der Waals surface area contributed by atoms with Crippen LogP contribution in [-0.2, 0) is 16.6 Å². The topological polar surface area (TPSA) is 110 Å². The third-order valence-electron chi connectivity index (χ3n) is 2.93. The zero-order valence-electron chi connectivity index (χ0n) is 12.3. The Balaban J connectivity index is 2.83. The molecule has 8 heteroatoms. The lowest BCUT2D eigenvalue weighted by atomic mass is 10.0. The monoisotopic (exact) mass is 304 g/mol. The standard InChI is InChI=1S/C12H24N4O3S/c1-4-6-12(3,17)9-14-20(18,19)10-8-16(7-5-2)15-11(10)13/h8,14,17H,4-7,9H2,1-3H3,(H2,13,15). The van der Waals surface area contributed by atoms with Crippen molar-refractivity contribution < 1.29 is 13.5 Å². The molecule has 116 valence electrons. The fraction of sp³-hybridized carbons (Fsp3) is 0.750. The first-order valence-electron chi connectivity index (χ1n) is 6.77. The van der Waals surface area contributed by atoms with Gasteiger partial charge in [-0.2, -0.15) is 5.10 Å². The van der Waals surface area contributed by atoms with E-state index in [0.717, 1.165) is 12.8 Å². The Labute approximate surface area is 120 Å². The van der Waals surface area contributed by atoms with E-state index in [2.05, 4.69) is 9.82 Å². The molecular weight excluding hydrogens is 280 g/mol. The first-order chi connectivity index (χ1) is 9.22. The van der Waals surface area contributed by atoms with Crippen molar-refractivity contribution in [3.8, 4) is 0 Å². The number of hydrogen-bond donors (Lipinski definition) is 3. The number of nitrogens with zero attached hydrogens (tertiary/aromatic N) is 2. The quantitative estimate of drug-likeness (QED) is 0.655. The molecule has 1 unspecified atom stereocenters. The van der Waals surface area contributed by atoms with Crippen molar-refractivity contribution in [2.45, 2.75) is 57.1 Å². The van der Waals surface area contributed by atoms with E-state index in [4.69, 9.17) is 5.73 Å². The highest BCUT2D eigenvalue weighted by atomic mass is 32.2. The average molecular weight is 304 g/mol. The fourth-order valence-corrected chi connectivity index (χ4v) is 3.16. The van der Waals surface area contributed by atoms with Crippen LogP contribution in [-0.4, -0.2) is 35.5 Å². The lowest BCUT2D eigenvalue weighted by molar-refractivity contribution is 0.0554. The van der Waals surface area contributed by atoms with Gasteiger partial charge < -0.3 is 10.8 Å². The number of nitrogens with one attached hydrogen (secondary N) is 1. The molecule has 0 amide bonds. The van der Waals surface area contributed by atoms with Crippen molar-refractivity contribution in [1.82, 2.24) is 14.5 Å². The maximum Gasteiger partial charge on any atom is 0.245 e. The third-order valence-corrected chi connectivity index (χ3v) is 4.35. The molecule has 0 aromatic carbocycles. The number of aromatic nitrogens is 2. The number of nitrogens with two attached hydrogens (primary N) is 1. The van der Waals surface area contributed by atoms with E-state index in [1.807, 2.05) is 13.8 Å². The van der Waals surface area contributed by atoms with Crippen LogP contribution in [0.5, 0.6) is 0 Å². The van der Waals surface area contributed by atoms with E-state index in [1.54, 1.807) is 6.92 Å². The van der Waals surface area contributed by atoms with Gasteiger partial charge in [0.05, 0.1) is 5.60 Å². The number of aliphatic hydroxyl groups is 1. The summed E-state index contributed by atoms with van der Waals surface area (Å²) in [6.45, 7) is 6.04. The second kappa shape index (κ2) is 6.55. The van der Waals surface area contributed by atoms with Gasteiger partial charge in [-0.05, 0) is 19.8 Å². The molecule has 1 heterocycles. The molecule has 0 aliphatic rings. The van der Waals surface area contributed by atoms with Gasteiger partial charge in [-0.3, -0.25) is 4.68 Å². The Bertz CT molecular complexity index is 537. The molecule has 0 spiro atoms. The highest BCUT2D eigenvalue weighted by Crippen LogP contribution is 2.18. The Morgan fingerprint density at radius 3 is 2.65 bits per heavy atom. The highest BCUT2D eigenvalue weighted by Gasteiger charge is 2.26. The number of anilines is 1. The molecule has 0 aliphatic heterocycles. The van der Waals surface area contributed by atoms with Crippen LogP contribution in [0.4, 0.5) is 5.82 Å². The molecule has 4 N–H and O–H groups in total. The van der Waals surface area contributed by atoms with Gasteiger partial charge in [0.25, 0.3) is 0 Å². The molecule has 0 radical (unpaired) electrons. The van der Waals surface area contributed by atoms with Gasteiger partial charge in [0.2, 0.25) is 10.0 Å². The zero-order chi connectivity index (χ0) is 15.4. The van der Waals surface area contributed by atoms with E-state index in [-0.39, 0.29) is 17.3 Å². The molecule has 0 saturated carbocycles. The van der Waals surface area contributed by atoms with Gasteiger partial charge in [-0.25, -0.2) is 13.1 Å². The van der Waals surface area contributed by atoms with Crippen LogP contribution in [0.15, 0.2) is 11.1 Å². The molecule has 1 atom stereocenters. The second-order valence-corrected chi connectivity index (χ2v) is 6.95. The Morgan fingerprint density at radius 2 is 2.10 bits per heavy atom. The van der Waals surface area contributed by atoms with E-state index >= 15 is 0 Å². The van der Waals surface area contributed by atoms with Crippen LogP contribution in [0.25, 0.3) is 0 Å². The number of aryl methyl sites for hydroxylation is 1.